The monoisotopic (exact) mass is 415 g/mol. The molecule has 0 aliphatic heterocycles. The zero-order valence-corrected chi connectivity index (χ0v) is 17.2. The molecule has 0 atom stereocenters. The molecule has 156 valence electrons. The second kappa shape index (κ2) is 8.75. The average molecular weight is 415 g/mol. The normalized spacial score (nSPS) is 10.6. The van der Waals surface area contributed by atoms with Crippen LogP contribution in [0.1, 0.15) is 21.5 Å². The number of aromatic nitrogens is 1. The Labute approximate surface area is 179 Å². The Morgan fingerprint density at radius 2 is 1.71 bits per heavy atom. The maximum absolute atomic E-state index is 13.1. The van der Waals surface area contributed by atoms with Gasteiger partial charge in [0.1, 0.15) is 12.4 Å². The van der Waals surface area contributed by atoms with Gasteiger partial charge in [0.2, 0.25) is 5.43 Å². The number of rotatable bonds is 7. The highest BCUT2D eigenvalue weighted by Crippen LogP contribution is 2.29. The van der Waals surface area contributed by atoms with Crippen LogP contribution in [-0.2, 0) is 6.61 Å². The molecule has 1 N–H and O–H groups in total. The predicted molar refractivity (Wildman–Crippen MR) is 118 cm³/mol. The molecule has 0 aliphatic rings. The number of H-pyrrole nitrogens is 1. The molecule has 0 fully saturated rings. The van der Waals surface area contributed by atoms with Gasteiger partial charge in [0.15, 0.2) is 17.3 Å². The van der Waals surface area contributed by atoms with E-state index in [0.717, 1.165) is 5.56 Å². The van der Waals surface area contributed by atoms with Crippen molar-refractivity contribution in [1.29, 1.82) is 0 Å². The van der Waals surface area contributed by atoms with Crippen LogP contribution in [0.15, 0.2) is 77.7 Å². The highest BCUT2D eigenvalue weighted by atomic mass is 16.5. The van der Waals surface area contributed by atoms with Gasteiger partial charge >= 0.3 is 0 Å². The van der Waals surface area contributed by atoms with Crippen LogP contribution < -0.4 is 19.6 Å². The summed E-state index contributed by atoms with van der Waals surface area (Å²) in [5, 5.41) is 0.389. The van der Waals surface area contributed by atoms with Crippen LogP contribution in [0.25, 0.3) is 10.9 Å². The van der Waals surface area contributed by atoms with Crippen molar-refractivity contribution in [3.05, 3.63) is 99.8 Å². The zero-order chi connectivity index (χ0) is 21.8. The number of carbonyl (C=O) groups excluding carboxylic acids is 1. The van der Waals surface area contributed by atoms with Crippen molar-refractivity contribution in [2.24, 2.45) is 0 Å². The number of carbonyl (C=O) groups is 1. The Kier molecular flexibility index (Phi) is 5.71. The molecule has 31 heavy (non-hydrogen) atoms. The summed E-state index contributed by atoms with van der Waals surface area (Å²) in [5.74, 6) is 1.07. The van der Waals surface area contributed by atoms with Gasteiger partial charge in [0, 0.05) is 22.7 Å². The van der Waals surface area contributed by atoms with E-state index in [1.165, 1.54) is 20.4 Å². The number of methoxy groups -OCH3 is 2. The summed E-state index contributed by atoms with van der Waals surface area (Å²) >= 11 is 0. The lowest BCUT2D eigenvalue weighted by atomic mass is 10.0. The fourth-order valence-electron chi connectivity index (χ4n) is 3.31. The van der Waals surface area contributed by atoms with Crippen LogP contribution in [0.3, 0.4) is 0 Å². The minimum absolute atomic E-state index is 0.0424. The van der Waals surface area contributed by atoms with Gasteiger partial charge in [0.25, 0.3) is 0 Å². The molecule has 0 aliphatic carbocycles. The molecule has 1 aromatic heterocycles. The summed E-state index contributed by atoms with van der Waals surface area (Å²) < 4.78 is 16.4. The molecule has 0 bridgehead atoms. The molecule has 0 unspecified atom stereocenters. The average Bonchev–Trinajstić information content (AvgIpc) is 2.83. The molecule has 0 amide bonds. The standard InChI is InChI=1S/C25H21NO5/c1-29-18-9-10-21-19(13-18)25(28)20(14-26-21)24(27)17-8-11-22(23(12-17)30-2)31-15-16-6-4-3-5-7-16/h3-14H,15H2,1-2H3,(H,26,28). The highest BCUT2D eigenvalue weighted by molar-refractivity contribution is 6.10. The first-order chi connectivity index (χ1) is 15.1. The van der Waals surface area contributed by atoms with E-state index >= 15 is 0 Å². The number of nitrogens with one attached hydrogen (secondary N) is 1. The lowest BCUT2D eigenvalue weighted by Gasteiger charge is -2.12. The molecule has 6 nitrogen and oxygen atoms in total. The van der Waals surface area contributed by atoms with Gasteiger partial charge in [-0.25, -0.2) is 0 Å². The van der Waals surface area contributed by atoms with Gasteiger partial charge in [-0.2, -0.15) is 0 Å². The molecular formula is C25H21NO5. The first-order valence-electron chi connectivity index (χ1n) is 9.69. The summed E-state index contributed by atoms with van der Waals surface area (Å²) in [4.78, 5) is 29.0. The molecule has 0 radical (unpaired) electrons. The summed E-state index contributed by atoms with van der Waals surface area (Å²) in [7, 11) is 3.03. The number of fused-ring (bicyclic) bond motifs is 1. The molecule has 4 rings (SSSR count). The van der Waals surface area contributed by atoms with Crippen molar-refractivity contribution in [2.75, 3.05) is 14.2 Å². The third-order valence-corrected chi connectivity index (χ3v) is 5.00. The number of pyridine rings is 1. The zero-order valence-electron chi connectivity index (χ0n) is 17.2. The highest BCUT2D eigenvalue weighted by Gasteiger charge is 2.18. The topological polar surface area (TPSA) is 77.6 Å². The number of hydrogen-bond donors (Lipinski definition) is 1. The number of aromatic amines is 1. The Hall–Kier alpha value is -4.06. The molecular weight excluding hydrogens is 394 g/mol. The Morgan fingerprint density at radius 3 is 2.45 bits per heavy atom. The van der Waals surface area contributed by atoms with Crippen molar-refractivity contribution in [3.63, 3.8) is 0 Å². The van der Waals surface area contributed by atoms with E-state index < -0.39 is 5.78 Å². The molecule has 1 heterocycles. The van der Waals surface area contributed by atoms with Crippen molar-refractivity contribution in [1.82, 2.24) is 4.98 Å². The smallest absolute Gasteiger partial charge is 0.200 e. The largest absolute Gasteiger partial charge is 0.497 e. The van der Waals surface area contributed by atoms with E-state index in [9.17, 15) is 9.59 Å². The second-order valence-corrected chi connectivity index (χ2v) is 6.91. The van der Waals surface area contributed by atoms with Gasteiger partial charge in [-0.1, -0.05) is 30.3 Å². The van der Waals surface area contributed by atoms with Crippen LogP contribution in [-0.4, -0.2) is 25.0 Å². The maximum Gasteiger partial charge on any atom is 0.200 e. The lowest BCUT2D eigenvalue weighted by molar-refractivity contribution is 0.103. The van der Waals surface area contributed by atoms with Gasteiger partial charge in [-0.15, -0.1) is 0 Å². The van der Waals surface area contributed by atoms with Gasteiger partial charge < -0.3 is 19.2 Å². The Morgan fingerprint density at radius 1 is 0.903 bits per heavy atom. The fraction of sp³-hybridized carbons (Fsp3) is 0.120. The van der Waals surface area contributed by atoms with E-state index in [4.69, 9.17) is 14.2 Å². The van der Waals surface area contributed by atoms with Crippen molar-refractivity contribution in [3.8, 4) is 17.2 Å². The molecule has 0 saturated heterocycles. The number of benzene rings is 3. The van der Waals surface area contributed by atoms with Gasteiger partial charge in [-0.05, 0) is 42.0 Å². The Balaban J connectivity index is 1.64. The van der Waals surface area contributed by atoms with Crippen LogP contribution in [0.2, 0.25) is 0 Å². The number of ketones is 1. The van der Waals surface area contributed by atoms with Crippen molar-refractivity contribution in [2.45, 2.75) is 6.61 Å². The predicted octanol–water partition coefficient (Wildman–Crippen LogP) is 4.36. The first-order valence-corrected chi connectivity index (χ1v) is 9.69. The van der Waals surface area contributed by atoms with E-state index in [0.29, 0.717) is 40.3 Å². The Bertz CT molecular complexity index is 1290. The molecule has 6 heteroatoms. The van der Waals surface area contributed by atoms with E-state index in [2.05, 4.69) is 4.98 Å². The molecule has 0 spiro atoms. The summed E-state index contributed by atoms with van der Waals surface area (Å²) in [5.41, 5.74) is 1.66. The SMILES string of the molecule is COc1ccc2[nH]cc(C(=O)c3ccc(OCc4ccccc4)c(OC)c3)c(=O)c2c1. The quantitative estimate of drug-likeness (QED) is 0.454. The fourth-order valence-corrected chi connectivity index (χ4v) is 3.31. The molecule has 0 saturated carbocycles. The molecule has 4 aromatic rings. The van der Waals surface area contributed by atoms with Gasteiger partial charge in [0.05, 0.1) is 19.8 Å². The third kappa shape index (κ3) is 4.14. The summed E-state index contributed by atoms with van der Waals surface area (Å²) in [6, 6.07) is 19.7. The van der Waals surface area contributed by atoms with E-state index in [1.54, 1.807) is 36.4 Å². The van der Waals surface area contributed by atoms with Crippen LogP contribution in [0.5, 0.6) is 17.2 Å². The first kappa shape index (κ1) is 20.2. The summed E-state index contributed by atoms with van der Waals surface area (Å²) in [6.45, 7) is 0.372. The maximum atomic E-state index is 13.1. The molecule has 3 aromatic carbocycles. The number of hydrogen-bond acceptors (Lipinski definition) is 5. The summed E-state index contributed by atoms with van der Waals surface area (Å²) in [6.07, 6.45) is 1.44. The second-order valence-electron chi connectivity index (χ2n) is 6.91. The third-order valence-electron chi connectivity index (χ3n) is 5.00. The number of ether oxygens (including phenoxy) is 3. The van der Waals surface area contributed by atoms with Crippen LogP contribution in [0, 0.1) is 0 Å². The van der Waals surface area contributed by atoms with Crippen molar-refractivity contribution < 1.29 is 19.0 Å². The van der Waals surface area contributed by atoms with Crippen LogP contribution >= 0.6 is 0 Å². The lowest BCUT2D eigenvalue weighted by Crippen LogP contribution is -2.17. The van der Waals surface area contributed by atoms with E-state index in [1.807, 2.05) is 30.3 Å². The van der Waals surface area contributed by atoms with Gasteiger partial charge in [-0.3, -0.25) is 9.59 Å². The minimum atomic E-state index is -0.404. The van der Waals surface area contributed by atoms with E-state index in [-0.39, 0.29) is 11.0 Å². The minimum Gasteiger partial charge on any atom is -0.497 e. The van der Waals surface area contributed by atoms with Crippen molar-refractivity contribution >= 4 is 16.7 Å². The van der Waals surface area contributed by atoms with Crippen LogP contribution in [0.4, 0.5) is 0 Å².